The summed E-state index contributed by atoms with van der Waals surface area (Å²) >= 11 is 0. The second-order valence-corrected chi connectivity index (χ2v) is 5.26. The number of aromatic nitrogens is 4. The molecule has 0 radical (unpaired) electrons. The molecule has 7 heteroatoms. The van der Waals surface area contributed by atoms with Crippen LogP contribution in [0.4, 0.5) is 11.5 Å². The molecule has 0 spiro atoms. The predicted octanol–water partition coefficient (Wildman–Crippen LogP) is 1.86. The standard InChI is InChI=1S/C14H22N6O/c1-10(2)8-21-14-11(15)5-6-12(19-14)16-7-3-4-13-17-9-18-20-13/h5-6,9-10H,3-4,7-8,15H2,1-2H3,(H,16,19)(H,17,18,20). The van der Waals surface area contributed by atoms with Crippen LogP contribution in [-0.2, 0) is 6.42 Å². The van der Waals surface area contributed by atoms with Crippen LogP contribution >= 0.6 is 0 Å². The minimum absolute atomic E-state index is 0.435. The fourth-order valence-electron chi connectivity index (χ4n) is 1.73. The highest BCUT2D eigenvalue weighted by Gasteiger charge is 2.05. The van der Waals surface area contributed by atoms with E-state index in [0.29, 0.717) is 24.1 Å². The first-order valence-electron chi connectivity index (χ1n) is 7.12. The zero-order valence-electron chi connectivity index (χ0n) is 12.5. The second kappa shape index (κ2) is 7.47. The summed E-state index contributed by atoms with van der Waals surface area (Å²) in [5.41, 5.74) is 6.42. The minimum atomic E-state index is 0.435. The number of nitrogens with one attached hydrogen (secondary N) is 2. The van der Waals surface area contributed by atoms with E-state index in [1.54, 1.807) is 6.07 Å². The molecule has 2 rings (SSSR count). The number of nitrogens with two attached hydrogens (primary N) is 1. The number of hydrogen-bond donors (Lipinski definition) is 3. The van der Waals surface area contributed by atoms with Crippen molar-refractivity contribution in [2.45, 2.75) is 26.7 Å². The first kappa shape index (κ1) is 15.1. The molecular weight excluding hydrogens is 268 g/mol. The number of hydrogen-bond acceptors (Lipinski definition) is 6. The van der Waals surface area contributed by atoms with E-state index >= 15 is 0 Å². The molecule has 0 saturated carbocycles. The van der Waals surface area contributed by atoms with E-state index in [9.17, 15) is 0 Å². The Balaban J connectivity index is 1.81. The summed E-state index contributed by atoms with van der Waals surface area (Å²) in [5, 5.41) is 9.91. The monoisotopic (exact) mass is 290 g/mol. The molecule has 0 fully saturated rings. The summed E-state index contributed by atoms with van der Waals surface area (Å²) in [6, 6.07) is 3.66. The number of nitrogens with zero attached hydrogens (tertiary/aromatic N) is 3. The zero-order valence-corrected chi connectivity index (χ0v) is 12.5. The van der Waals surface area contributed by atoms with Gasteiger partial charge in [-0.2, -0.15) is 10.1 Å². The van der Waals surface area contributed by atoms with Crippen molar-refractivity contribution in [3.8, 4) is 5.88 Å². The molecule has 4 N–H and O–H groups in total. The van der Waals surface area contributed by atoms with Gasteiger partial charge in [0.1, 0.15) is 18.0 Å². The molecule has 0 saturated heterocycles. The van der Waals surface area contributed by atoms with Crippen LogP contribution < -0.4 is 15.8 Å². The Hall–Kier alpha value is -2.31. The van der Waals surface area contributed by atoms with Crippen LogP contribution in [-0.4, -0.2) is 33.3 Å². The maximum Gasteiger partial charge on any atom is 0.239 e. The number of pyridine rings is 1. The fourth-order valence-corrected chi connectivity index (χ4v) is 1.73. The maximum absolute atomic E-state index is 5.86. The van der Waals surface area contributed by atoms with Gasteiger partial charge in [-0.1, -0.05) is 13.8 Å². The predicted molar refractivity (Wildman–Crippen MR) is 82.2 cm³/mol. The molecule has 2 aromatic heterocycles. The van der Waals surface area contributed by atoms with Crippen LogP contribution in [0, 0.1) is 5.92 Å². The molecule has 0 aliphatic carbocycles. The molecule has 21 heavy (non-hydrogen) atoms. The number of nitrogen functional groups attached to an aromatic ring is 1. The molecule has 2 aromatic rings. The molecule has 0 aliphatic rings. The molecule has 0 atom stereocenters. The van der Waals surface area contributed by atoms with E-state index in [-0.39, 0.29) is 0 Å². The van der Waals surface area contributed by atoms with Crippen LogP contribution in [0.25, 0.3) is 0 Å². The highest BCUT2D eigenvalue weighted by Crippen LogP contribution is 2.21. The van der Waals surface area contributed by atoms with Gasteiger partial charge in [-0.05, 0) is 24.5 Å². The first-order valence-corrected chi connectivity index (χ1v) is 7.12. The lowest BCUT2D eigenvalue weighted by molar-refractivity contribution is 0.263. The lowest BCUT2D eigenvalue weighted by Gasteiger charge is -2.12. The highest BCUT2D eigenvalue weighted by molar-refractivity contribution is 5.53. The van der Waals surface area contributed by atoms with Crippen molar-refractivity contribution in [1.82, 2.24) is 20.2 Å². The van der Waals surface area contributed by atoms with Gasteiger partial charge in [0.25, 0.3) is 0 Å². The van der Waals surface area contributed by atoms with Gasteiger partial charge in [0, 0.05) is 13.0 Å². The summed E-state index contributed by atoms with van der Waals surface area (Å²) in [6.45, 7) is 5.57. The van der Waals surface area contributed by atoms with Crippen molar-refractivity contribution >= 4 is 11.5 Å². The van der Waals surface area contributed by atoms with Crippen LogP contribution in [0.15, 0.2) is 18.5 Å². The van der Waals surface area contributed by atoms with Gasteiger partial charge < -0.3 is 15.8 Å². The smallest absolute Gasteiger partial charge is 0.239 e. The summed E-state index contributed by atoms with van der Waals surface area (Å²) < 4.78 is 5.60. The van der Waals surface area contributed by atoms with Gasteiger partial charge in [0.15, 0.2) is 0 Å². The zero-order chi connectivity index (χ0) is 15.1. The van der Waals surface area contributed by atoms with E-state index in [0.717, 1.165) is 31.0 Å². The average molecular weight is 290 g/mol. The number of ether oxygens (including phenoxy) is 1. The van der Waals surface area contributed by atoms with Crippen LogP contribution in [0.3, 0.4) is 0 Å². The average Bonchev–Trinajstić information content (AvgIpc) is 2.97. The Kier molecular flexibility index (Phi) is 5.36. The minimum Gasteiger partial charge on any atom is -0.476 e. The Morgan fingerprint density at radius 2 is 2.24 bits per heavy atom. The lowest BCUT2D eigenvalue weighted by atomic mass is 10.2. The van der Waals surface area contributed by atoms with E-state index in [2.05, 4.69) is 39.3 Å². The third-order valence-electron chi connectivity index (χ3n) is 2.80. The number of anilines is 2. The molecule has 0 amide bonds. The SMILES string of the molecule is CC(C)COc1nc(NCCCc2ncn[nH]2)ccc1N. The summed E-state index contributed by atoms with van der Waals surface area (Å²) in [5.74, 6) is 2.58. The molecular formula is C14H22N6O. The molecule has 114 valence electrons. The van der Waals surface area contributed by atoms with Crippen LogP contribution in [0.1, 0.15) is 26.1 Å². The Bertz CT molecular complexity index is 540. The molecule has 2 heterocycles. The van der Waals surface area contributed by atoms with E-state index in [1.165, 1.54) is 6.33 Å². The van der Waals surface area contributed by atoms with Crippen molar-refractivity contribution in [2.24, 2.45) is 5.92 Å². The summed E-state index contributed by atoms with van der Waals surface area (Å²) in [4.78, 5) is 8.47. The maximum atomic E-state index is 5.86. The topological polar surface area (TPSA) is 102 Å². The Labute approximate surface area is 124 Å². The lowest BCUT2D eigenvalue weighted by Crippen LogP contribution is -2.10. The van der Waals surface area contributed by atoms with Gasteiger partial charge in [-0.25, -0.2) is 4.98 Å². The summed E-state index contributed by atoms with van der Waals surface area (Å²) in [6.07, 6.45) is 3.30. The van der Waals surface area contributed by atoms with E-state index in [1.807, 2.05) is 6.07 Å². The molecule has 0 bridgehead atoms. The van der Waals surface area contributed by atoms with Crippen LogP contribution in [0.2, 0.25) is 0 Å². The van der Waals surface area contributed by atoms with Gasteiger partial charge in [-0.15, -0.1) is 0 Å². The number of aryl methyl sites for hydroxylation is 1. The normalized spacial score (nSPS) is 10.8. The Morgan fingerprint density at radius 1 is 1.38 bits per heavy atom. The quantitative estimate of drug-likeness (QED) is 0.641. The van der Waals surface area contributed by atoms with Crippen LogP contribution in [0.5, 0.6) is 5.88 Å². The van der Waals surface area contributed by atoms with Crippen molar-refractivity contribution in [1.29, 1.82) is 0 Å². The third kappa shape index (κ3) is 4.94. The molecule has 7 nitrogen and oxygen atoms in total. The van der Waals surface area contributed by atoms with E-state index < -0.39 is 0 Å². The number of H-pyrrole nitrogens is 1. The van der Waals surface area contributed by atoms with Crippen molar-refractivity contribution < 1.29 is 4.74 Å². The van der Waals surface area contributed by atoms with Crippen molar-refractivity contribution in [3.63, 3.8) is 0 Å². The third-order valence-corrected chi connectivity index (χ3v) is 2.80. The second-order valence-electron chi connectivity index (χ2n) is 5.26. The molecule has 0 aromatic carbocycles. The van der Waals surface area contributed by atoms with E-state index in [4.69, 9.17) is 10.5 Å². The van der Waals surface area contributed by atoms with Crippen molar-refractivity contribution in [3.05, 3.63) is 24.3 Å². The molecule has 0 aliphatic heterocycles. The fraction of sp³-hybridized carbons (Fsp3) is 0.500. The highest BCUT2D eigenvalue weighted by atomic mass is 16.5. The first-order chi connectivity index (χ1) is 10.1. The molecule has 0 unspecified atom stereocenters. The van der Waals surface area contributed by atoms with Gasteiger partial charge in [-0.3, -0.25) is 5.10 Å². The summed E-state index contributed by atoms with van der Waals surface area (Å²) in [7, 11) is 0. The number of rotatable bonds is 8. The Morgan fingerprint density at radius 3 is 2.95 bits per heavy atom. The van der Waals surface area contributed by atoms with Gasteiger partial charge in [0.2, 0.25) is 5.88 Å². The largest absolute Gasteiger partial charge is 0.476 e. The van der Waals surface area contributed by atoms with Gasteiger partial charge >= 0.3 is 0 Å². The van der Waals surface area contributed by atoms with Crippen molar-refractivity contribution in [2.75, 3.05) is 24.2 Å². The van der Waals surface area contributed by atoms with Gasteiger partial charge in [0.05, 0.1) is 12.3 Å². The number of aromatic amines is 1.